The van der Waals surface area contributed by atoms with Gasteiger partial charge in [0, 0.05) is 13.1 Å². The van der Waals surface area contributed by atoms with Crippen LogP contribution in [-0.2, 0) is 13.1 Å². The van der Waals surface area contributed by atoms with E-state index in [4.69, 9.17) is 9.47 Å². The van der Waals surface area contributed by atoms with Crippen LogP contribution in [0.1, 0.15) is 22.3 Å². The van der Waals surface area contributed by atoms with Gasteiger partial charge in [-0.15, -0.1) is 0 Å². The molecule has 1 N–H and O–H groups in total. The lowest BCUT2D eigenvalue weighted by atomic mass is 10.1. The second kappa shape index (κ2) is 7.14. The minimum atomic E-state index is 0.933. The molecule has 0 saturated heterocycles. The van der Waals surface area contributed by atoms with Gasteiger partial charge in [-0.05, 0) is 60.4 Å². The molecule has 0 spiro atoms. The molecule has 0 aromatic heterocycles. The summed E-state index contributed by atoms with van der Waals surface area (Å²) in [4.78, 5) is 0. The predicted molar refractivity (Wildman–Crippen MR) is 86.0 cm³/mol. The van der Waals surface area contributed by atoms with Crippen molar-refractivity contribution in [2.75, 3.05) is 14.2 Å². The first-order chi connectivity index (χ1) is 10.1. The summed E-state index contributed by atoms with van der Waals surface area (Å²) in [6.07, 6.45) is 0. The van der Waals surface area contributed by atoms with Gasteiger partial charge in [-0.1, -0.05) is 12.1 Å². The van der Waals surface area contributed by atoms with E-state index in [-0.39, 0.29) is 0 Å². The molecular weight excluding hydrogens is 262 g/mol. The van der Waals surface area contributed by atoms with Gasteiger partial charge in [0.1, 0.15) is 11.5 Å². The zero-order chi connectivity index (χ0) is 15.2. The van der Waals surface area contributed by atoms with Crippen LogP contribution in [0.5, 0.6) is 11.5 Å². The van der Waals surface area contributed by atoms with Crippen LogP contribution in [0, 0.1) is 13.8 Å². The SMILES string of the molecule is COc1ccc(C)c(C)c1.COc1ccc2c(c1)CNC2. The predicted octanol–water partition coefficient (Wildman–Crippen LogP) is 3.61. The van der Waals surface area contributed by atoms with Crippen LogP contribution in [0.4, 0.5) is 0 Å². The van der Waals surface area contributed by atoms with Gasteiger partial charge in [-0.25, -0.2) is 0 Å². The van der Waals surface area contributed by atoms with Gasteiger partial charge in [-0.2, -0.15) is 0 Å². The van der Waals surface area contributed by atoms with Crippen molar-refractivity contribution in [3.63, 3.8) is 0 Å². The van der Waals surface area contributed by atoms with Crippen molar-refractivity contribution in [1.29, 1.82) is 0 Å². The molecule has 3 nitrogen and oxygen atoms in total. The Morgan fingerprint density at radius 1 is 0.762 bits per heavy atom. The molecule has 3 rings (SSSR count). The van der Waals surface area contributed by atoms with Crippen LogP contribution in [0.25, 0.3) is 0 Å². The van der Waals surface area contributed by atoms with E-state index in [2.05, 4.69) is 37.4 Å². The highest BCUT2D eigenvalue weighted by Gasteiger charge is 2.09. The summed E-state index contributed by atoms with van der Waals surface area (Å²) in [5.41, 5.74) is 5.34. The van der Waals surface area contributed by atoms with Gasteiger partial charge in [-0.3, -0.25) is 0 Å². The Hall–Kier alpha value is -2.00. The highest BCUT2D eigenvalue weighted by Crippen LogP contribution is 2.20. The third-order valence-corrected chi connectivity index (χ3v) is 3.76. The van der Waals surface area contributed by atoms with Gasteiger partial charge >= 0.3 is 0 Å². The van der Waals surface area contributed by atoms with E-state index in [0.717, 1.165) is 24.6 Å². The van der Waals surface area contributed by atoms with Gasteiger partial charge in [0.25, 0.3) is 0 Å². The Morgan fingerprint density at radius 2 is 1.38 bits per heavy atom. The third kappa shape index (κ3) is 3.99. The van der Waals surface area contributed by atoms with Crippen molar-refractivity contribution in [2.24, 2.45) is 0 Å². The average Bonchev–Trinajstić information content (AvgIpc) is 2.98. The van der Waals surface area contributed by atoms with Crippen molar-refractivity contribution in [3.8, 4) is 11.5 Å². The van der Waals surface area contributed by atoms with E-state index in [1.807, 2.05) is 18.2 Å². The number of benzene rings is 2. The normalized spacial score (nSPS) is 12.2. The Kier molecular flexibility index (Phi) is 5.23. The lowest BCUT2D eigenvalue weighted by molar-refractivity contribution is 0.414. The molecule has 0 bridgehead atoms. The lowest BCUT2D eigenvalue weighted by Gasteiger charge is -2.02. The maximum atomic E-state index is 5.11. The molecule has 112 valence electrons. The first-order valence-electron chi connectivity index (χ1n) is 7.12. The van der Waals surface area contributed by atoms with Gasteiger partial charge in [0.15, 0.2) is 0 Å². The molecule has 0 saturated carbocycles. The van der Waals surface area contributed by atoms with E-state index in [9.17, 15) is 0 Å². The van der Waals surface area contributed by atoms with E-state index in [1.165, 1.54) is 22.3 Å². The Bertz CT molecular complexity index is 608. The molecule has 1 aliphatic heterocycles. The van der Waals surface area contributed by atoms with Crippen molar-refractivity contribution in [2.45, 2.75) is 26.9 Å². The molecule has 3 heteroatoms. The Balaban J connectivity index is 0.000000155. The van der Waals surface area contributed by atoms with Crippen LogP contribution in [0.3, 0.4) is 0 Å². The second-order valence-electron chi connectivity index (χ2n) is 5.19. The fourth-order valence-corrected chi connectivity index (χ4v) is 2.24. The number of fused-ring (bicyclic) bond motifs is 1. The Morgan fingerprint density at radius 3 is 2.05 bits per heavy atom. The molecule has 21 heavy (non-hydrogen) atoms. The number of hydrogen-bond acceptors (Lipinski definition) is 3. The maximum Gasteiger partial charge on any atom is 0.119 e. The summed E-state index contributed by atoms with van der Waals surface area (Å²) in [5, 5.41) is 3.28. The number of ether oxygens (including phenoxy) is 2. The van der Waals surface area contributed by atoms with Gasteiger partial charge in [0.05, 0.1) is 14.2 Å². The number of nitrogens with one attached hydrogen (secondary N) is 1. The topological polar surface area (TPSA) is 30.5 Å². The molecule has 0 amide bonds. The zero-order valence-electron chi connectivity index (χ0n) is 13.2. The van der Waals surface area contributed by atoms with Gasteiger partial charge < -0.3 is 14.8 Å². The molecule has 0 radical (unpaired) electrons. The zero-order valence-corrected chi connectivity index (χ0v) is 13.2. The molecule has 0 atom stereocenters. The molecule has 2 aromatic rings. The quantitative estimate of drug-likeness (QED) is 0.914. The molecule has 0 unspecified atom stereocenters. The first-order valence-corrected chi connectivity index (χ1v) is 7.12. The minimum absolute atomic E-state index is 0.933. The van der Waals surface area contributed by atoms with E-state index in [1.54, 1.807) is 14.2 Å². The van der Waals surface area contributed by atoms with Crippen molar-refractivity contribution in [1.82, 2.24) is 5.32 Å². The van der Waals surface area contributed by atoms with Crippen LogP contribution in [0.2, 0.25) is 0 Å². The number of rotatable bonds is 2. The van der Waals surface area contributed by atoms with Crippen molar-refractivity contribution < 1.29 is 9.47 Å². The van der Waals surface area contributed by atoms with Crippen molar-refractivity contribution in [3.05, 3.63) is 58.7 Å². The largest absolute Gasteiger partial charge is 0.497 e. The van der Waals surface area contributed by atoms with E-state index in [0.29, 0.717) is 0 Å². The van der Waals surface area contributed by atoms with Crippen LogP contribution in [0.15, 0.2) is 36.4 Å². The third-order valence-electron chi connectivity index (χ3n) is 3.76. The fourth-order valence-electron chi connectivity index (χ4n) is 2.24. The van der Waals surface area contributed by atoms with Crippen LogP contribution in [-0.4, -0.2) is 14.2 Å². The first kappa shape index (κ1) is 15.4. The standard InChI is InChI=1S/C9H11NO.C9H12O/c1-11-9-3-2-7-5-10-6-8(7)4-9;1-7-4-5-9(10-3)6-8(7)2/h2-4,10H,5-6H2,1H3;4-6H,1-3H3. The monoisotopic (exact) mass is 285 g/mol. The number of hydrogen-bond donors (Lipinski definition) is 1. The van der Waals surface area contributed by atoms with Crippen LogP contribution >= 0.6 is 0 Å². The smallest absolute Gasteiger partial charge is 0.119 e. The molecular formula is C18H23NO2. The second-order valence-corrected chi connectivity index (χ2v) is 5.19. The summed E-state index contributed by atoms with van der Waals surface area (Å²) in [6, 6.07) is 12.3. The molecule has 2 aromatic carbocycles. The lowest BCUT2D eigenvalue weighted by Crippen LogP contribution is -1.99. The summed E-state index contributed by atoms with van der Waals surface area (Å²) in [5.74, 6) is 1.88. The average molecular weight is 285 g/mol. The van der Waals surface area contributed by atoms with Gasteiger partial charge in [0.2, 0.25) is 0 Å². The summed E-state index contributed by atoms with van der Waals surface area (Å²) < 4.78 is 10.2. The molecule has 0 aliphatic carbocycles. The van der Waals surface area contributed by atoms with Crippen LogP contribution < -0.4 is 14.8 Å². The minimum Gasteiger partial charge on any atom is -0.497 e. The van der Waals surface area contributed by atoms with Crippen molar-refractivity contribution >= 4 is 0 Å². The molecule has 0 fully saturated rings. The summed E-state index contributed by atoms with van der Waals surface area (Å²) in [6.45, 7) is 6.15. The van der Waals surface area contributed by atoms with E-state index >= 15 is 0 Å². The summed E-state index contributed by atoms with van der Waals surface area (Å²) in [7, 11) is 3.38. The Labute approximate surface area is 126 Å². The molecule has 1 aliphatic rings. The molecule has 1 heterocycles. The fraction of sp³-hybridized carbons (Fsp3) is 0.333. The highest BCUT2D eigenvalue weighted by molar-refractivity contribution is 5.37. The maximum absolute atomic E-state index is 5.11. The summed E-state index contributed by atoms with van der Waals surface area (Å²) >= 11 is 0. The number of aryl methyl sites for hydroxylation is 2. The highest BCUT2D eigenvalue weighted by atomic mass is 16.5. The van der Waals surface area contributed by atoms with E-state index < -0.39 is 0 Å². The number of methoxy groups -OCH3 is 2.